The van der Waals surface area contributed by atoms with Crippen molar-refractivity contribution in [2.24, 2.45) is 0 Å². The van der Waals surface area contributed by atoms with Gasteiger partial charge in [0.25, 0.3) is 0 Å². The van der Waals surface area contributed by atoms with Crippen molar-refractivity contribution in [2.45, 2.75) is 31.2 Å². The molecule has 1 heterocycles. The van der Waals surface area contributed by atoms with Crippen LogP contribution in [0.15, 0.2) is 54.6 Å². The summed E-state index contributed by atoms with van der Waals surface area (Å²) in [6.07, 6.45) is 1.01. The molecule has 0 aromatic heterocycles. The van der Waals surface area contributed by atoms with Crippen LogP contribution in [0.2, 0.25) is 0 Å². The van der Waals surface area contributed by atoms with Crippen LogP contribution in [-0.4, -0.2) is 22.1 Å². The number of likely N-dealkylation sites (tertiary alicyclic amines) is 1. The van der Waals surface area contributed by atoms with Crippen molar-refractivity contribution in [3.05, 3.63) is 71.5 Å². The van der Waals surface area contributed by atoms with Gasteiger partial charge in [-0.05, 0) is 36.1 Å². The minimum Gasteiger partial charge on any atom is -0.378 e. The number of benzene rings is 2. The van der Waals surface area contributed by atoms with E-state index in [1.165, 1.54) is 12.1 Å². The van der Waals surface area contributed by atoms with E-state index >= 15 is 0 Å². The maximum absolute atomic E-state index is 13.2. The Labute approximate surface area is 135 Å². The van der Waals surface area contributed by atoms with Crippen molar-refractivity contribution in [3.8, 4) is 0 Å². The van der Waals surface area contributed by atoms with E-state index in [1.54, 1.807) is 12.1 Å². The van der Waals surface area contributed by atoms with Gasteiger partial charge >= 0.3 is 0 Å². The van der Waals surface area contributed by atoms with Crippen LogP contribution in [0.5, 0.6) is 0 Å². The summed E-state index contributed by atoms with van der Waals surface area (Å²) >= 11 is 6.21. The van der Waals surface area contributed by atoms with Gasteiger partial charge in [0, 0.05) is 11.9 Å². The van der Waals surface area contributed by atoms with Crippen molar-refractivity contribution in [3.63, 3.8) is 0 Å². The Morgan fingerprint density at radius 2 is 1.77 bits per heavy atom. The summed E-state index contributed by atoms with van der Waals surface area (Å²) in [5, 5.41) is 10.4. The smallest absolute Gasteiger partial charge is 0.123 e. The second-order valence-corrected chi connectivity index (χ2v) is 5.96. The van der Waals surface area contributed by atoms with E-state index in [0.29, 0.717) is 12.3 Å². The average molecular weight is 320 g/mol. The predicted molar refractivity (Wildman–Crippen MR) is 86.1 cm³/mol. The Hall–Kier alpha value is -1.42. The summed E-state index contributed by atoms with van der Waals surface area (Å²) in [6.45, 7) is 0. The minimum atomic E-state index is -0.529. The summed E-state index contributed by atoms with van der Waals surface area (Å²) in [4.78, 5) is 2.05. The molecule has 1 aliphatic heterocycles. The van der Waals surface area contributed by atoms with Gasteiger partial charge in [0.05, 0.1) is 6.04 Å². The molecule has 0 bridgehead atoms. The van der Waals surface area contributed by atoms with Gasteiger partial charge in [0.1, 0.15) is 12.0 Å². The van der Waals surface area contributed by atoms with E-state index in [9.17, 15) is 9.50 Å². The molecule has 1 saturated heterocycles. The Morgan fingerprint density at radius 3 is 2.41 bits per heavy atom. The first-order valence-corrected chi connectivity index (χ1v) is 8.06. The molecule has 0 spiro atoms. The van der Waals surface area contributed by atoms with Crippen LogP contribution in [0.1, 0.15) is 36.1 Å². The van der Waals surface area contributed by atoms with Crippen LogP contribution in [0.4, 0.5) is 4.39 Å². The van der Waals surface area contributed by atoms with Gasteiger partial charge in [0.15, 0.2) is 0 Å². The number of alkyl halides is 1. The van der Waals surface area contributed by atoms with Crippen LogP contribution >= 0.6 is 11.6 Å². The van der Waals surface area contributed by atoms with Crippen molar-refractivity contribution in [1.82, 2.24) is 4.90 Å². The maximum Gasteiger partial charge on any atom is 0.123 e. The molecule has 2 nitrogen and oxygen atoms in total. The van der Waals surface area contributed by atoms with Crippen LogP contribution < -0.4 is 0 Å². The van der Waals surface area contributed by atoms with Crippen LogP contribution in [0, 0.1) is 5.82 Å². The van der Waals surface area contributed by atoms with Gasteiger partial charge in [-0.3, -0.25) is 4.90 Å². The van der Waals surface area contributed by atoms with Crippen molar-refractivity contribution < 1.29 is 9.50 Å². The number of aliphatic hydroxyl groups excluding tert-OH is 1. The standard InChI is InChI=1S/C18H19ClFNO/c19-12-17(13-4-2-1-3-5-13)21-16(10-11-18(21)22)14-6-8-15(20)9-7-14/h1-9,16-18,22H,10-12H2/t16-,17-,18?/m0/s1. The molecule has 0 saturated carbocycles. The fourth-order valence-corrected chi connectivity index (χ4v) is 3.62. The molecule has 3 rings (SSSR count). The van der Waals surface area contributed by atoms with Crippen LogP contribution in [0.3, 0.4) is 0 Å². The Bertz CT molecular complexity index is 604. The summed E-state index contributed by atoms with van der Waals surface area (Å²) in [5.41, 5.74) is 2.11. The summed E-state index contributed by atoms with van der Waals surface area (Å²) in [6, 6.07) is 16.5. The molecule has 1 N–H and O–H groups in total. The highest BCUT2D eigenvalue weighted by Gasteiger charge is 2.38. The van der Waals surface area contributed by atoms with Crippen molar-refractivity contribution in [2.75, 3.05) is 5.88 Å². The lowest BCUT2D eigenvalue weighted by atomic mass is 10.0. The van der Waals surface area contributed by atoms with Gasteiger partial charge in [-0.1, -0.05) is 42.5 Å². The molecule has 0 aliphatic carbocycles. The zero-order valence-electron chi connectivity index (χ0n) is 12.2. The Balaban J connectivity index is 1.92. The number of hydrogen-bond donors (Lipinski definition) is 1. The fraction of sp³-hybridized carbons (Fsp3) is 0.333. The number of aliphatic hydroxyl groups is 1. The SMILES string of the molecule is OC1CC[C@@H](c2ccc(F)cc2)N1[C@@H](CCl)c1ccccc1. The van der Waals surface area contributed by atoms with E-state index in [1.807, 2.05) is 30.3 Å². The second kappa shape index (κ2) is 6.78. The highest BCUT2D eigenvalue weighted by molar-refractivity contribution is 6.18. The van der Waals surface area contributed by atoms with Gasteiger partial charge in [0.2, 0.25) is 0 Å². The third kappa shape index (κ3) is 3.02. The Kier molecular flexibility index (Phi) is 4.77. The third-order valence-corrected chi connectivity index (χ3v) is 4.64. The first kappa shape index (κ1) is 15.5. The lowest BCUT2D eigenvalue weighted by Gasteiger charge is -2.35. The quantitative estimate of drug-likeness (QED) is 0.851. The molecule has 2 aromatic rings. The normalized spacial score (nSPS) is 23.6. The number of halogens is 2. The van der Waals surface area contributed by atoms with E-state index < -0.39 is 6.23 Å². The second-order valence-electron chi connectivity index (χ2n) is 5.65. The lowest BCUT2D eigenvalue weighted by molar-refractivity contribution is -0.00967. The molecule has 4 heteroatoms. The number of hydrogen-bond acceptors (Lipinski definition) is 2. The number of nitrogens with zero attached hydrogens (tertiary/aromatic N) is 1. The molecule has 22 heavy (non-hydrogen) atoms. The first-order chi connectivity index (χ1) is 10.7. The molecule has 1 fully saturated rings. The van der Waals surface area contributed by atoms with Crippen molar-refractivity contribution in [1.29, 1.82) is 0 Å². The summed E-state index contributed by atoms with van der Waals surface area (Å²) < 4.78 is 13.2. The minimum absolute atomic E-state index is 0.0551. The van der Waals surface area contributed by atoms with E-state index in [4.69, 9.17) is 11.6 Å². The molecule has 0 radical (unpaired) electrons. The van der Waals surface area contributed by atoms with E-state index in [0.717, 1.165) is 17.5 Å². The Morgan fingerprint density at radius 1 is 1.09 bits per heavy atom. The topological polar surface area (TPSA) is 23.5 Å². The highest BCUT2D eigenvalue weighted by atomic mass is 35.5. The van der Waals surface area contributed by atoms with Crippen molar-refractivity contribution >= 4 is 11.6 Å². The maximum atomic E-state index is 13.2. The van der Waals surface area contributed by atoms with Gasteiger partial charge in [-0.25, -0.2) is 4.39 Å². The van der Waals surface area contributed by atoms with Crippen LogP contribution in [0.25, 0.3) is 0 Å². The highest BCUT2D eigenvalue weighted by Crippen LogP contribution is 2.41. The predicted octanol–water partition coefficient (Wildman–Crippen LogP) is 4.26. The third-order valence-electron chi connectivity index (χ3n) is 4.35. The average Bonchev–Trinajstić information content (AvgIpc) is 2.92. The van der Waals surface area contributed by atoms with Gasteiger partial charge in [-0.2, -0.15) is 0 Å². The van der Waals surface area contributed by atoms with Gasteiger partial charge < -0.3 is 5.11 Å². The zero-order chi connectivity index (χ0) is 15.5. The molecule has 1 aliphatic rings. The monoisotopic (exact) mass is 319 g/mol. The largest absolute Gasteiger partial charge is 0.378 e. The summed E-state index contributed by atoms with van der Waals surface area (Å²) in [7, 11) is 0. The van der Waals surface area contributed by atoms with E-state index in [-0.39, 0.29) is 17.9 Å². The molecule has 116 valence electrons. The molecular weight excluding hydrogens is 301 g/mol. The summed E-state index contributed by atoms with van der Waals surface area (Å²) in [5.74, 6) is 0.157. The molecule has 1 unspecified atom stereocenters. The number of rotatable bonds is 4. The fourth-order valence-electron chi connectivity index (χ4n) is 3.28. The molecule has 2 aromatic carbocycles. The first-order valence-electron chi connectivity index (χ1n) is 7.52. The van der Waals surface area contributed by atoms with Gasteiger partial charge in [-0.15, -0.1) is 11.6 Å². The zero-order valence-corrected chi connectivity index (χ0v) is 13.0. The lowest BCUT2D eigenvalue weighted by Crippen LogP contribution is -2.36. The molecule has 0 amide bonds. The molecular formula is C18H19ClFNO. The van der Waals surface area contributed by atoms with E-state index in [2.05, 4.69) is 4.90 Å². The van der Waals surface area contributed by atoms with Crippen LogP contribution in [-0.2, 0) is 0 Å². The molecule has 3 atom stereocenters.